The van der Waals surface area contributed by atoms with Crippen LogP contribution in [-0.4, -0.2) is 41.0 Å². The first-order valence-electron chi connectivity index (χ1n) is 9.04. The molecule has 26 heavy (non-hydrogen) atoms. The molecule has 0 saturated carbocycles. The summed E-state index contributed by atoms with van der Waals surface area (Å²) in [6.45, 7) is 4.38. The number of hydrogen-bond donors (Lipinski definition) is 3. The van der Waals surface area contributed by atoms with Gasteiger partial charge in [-0.05, 0) is 19.3 Å². The Labute approximate surface area is 152 Å². The highest BCUT2D eigenvalue weighted by atomic mass is 16.5. The number of anilines is 3. The number of carbonyl (C=O) groups is 2. The van der Waals surface area contributed by atoms with Crippen molar-refractivity contribution in [2.75, 3.05) is 29.2 Å². The molecule has 0 radical (unpaired) electrons. The number of fused-ring (bicyclic) bond motifs is 1. The third-order valence-electron chi connectivity index (χ3n) is 4.08. The van der Waals surface area contributed by atoms with Gasteiger partial charge < -0.3 is 20.7 Å². The van der Waals surface area contributed by atoms with E-state index >= 15 is 0 Å². The molecule has 1 aliphatic heterocycles. The molecule has 0 bridgehead atoms. The van der Waals surface area contributed by atoms with Crippen LogP contribution in [0.1, 0.15) is 52.4 Å². The lowest BCUT2D eigenvalue weighted by Gasteiger charge is -2.27. The Bertz CT molecular complexity index is 703. The van der Waals surface area contributed by atoms with E-state index in [9.17, 15) is 14.4 Å². The lowest BCUT2D eigenvalue weighted by Crippen LogP contribution is -2.43. The summed E-state index contributed by atoms with van der Waals surface area (Å²) in [5.74, 6) is 0.390. The number of hydrogen-bond acceptors (Lipinski definition) is 8. The van der Waals surface area contributed by atoms with Crippen molar-refractivity contribution >= 4 is 29.0 Å². The largest absolute Gasteiger partial charge is 0.369 e. The average molecular weight is 365 g/mol. The van der Waals surface area contributed by atoms with Gasteiger partial charge in [0.2, 0.25) is 5.95 Å². The maximum Gasteiger partial charge on any atom is 0.277 e. The van der Waals surface area contributed by atoms with Crippen LogP contribution >= 0.6 is 0 Å². The van der Waals surface area contributed by atoms with E-state index in [0.717, 1.165) is 6.42 Å². The van der Waals surface area contributed by atoms with Gasteiger partial charge in [-0.25, -0.2) is 0 Å². The Morgan fingerprint density at radius 3 is 2.69 bits per heavy atom. The second kappa shape index (κ2) is 9.33. The molecular formula is C17H27N5O4. The van der Waals surface area contributed by atoms with E-state index in [4.69, 9.17) is 10.5 Å². The molecule has 1 aromatic rings. The normalized spacial score (nSPS) is 14.0. The zero-order valence-corrected chi connectivity index (χ0v) is 15.3. The second-order valence-electron chi connectivity index (χ2n) is 6.29. The van der Waals surface area contributed by atoms with Gasteiger partial charge in [-0.3, -0.25) is 19.4 Å². The number of nitrogens with zero attached hydrogens (tertiary/aromatic N) is 2. The number of H-pyrrole nitrogens is 1. The van der Waals surface area contributed by atoms with Crippen LogP contribution in [-0.2, 0) is 14.3 Å². The van der Waals surface area contributed by atoms with E-state index in [1.807, 2.05) is 13.8 Å². The summed E-state index contributed by atoms with van der Waals surface area (Å²) in [5.41, 5.74) is 5.51. The van der Waals surface area contributed by atoms with Gasteiger partial charge in [0.1, 0.15) is 11.5 Å². The number of nitrogens with one attached hydrogen (secondary N) is 2. The predicted octanol–water partition coefficient (Wildman–Crippen LogP) is 1.40. The van der Waals surface area contributed by atoms with Crippen LogP contribution < -0.4 is 21.5 Å². The monoisotopic (exact) mass is 365 g/mol. The standard InChI is InChI=1S/C17H27N5O4/c1-3-6-11(23)8-5-9-26-16(12(24)7-4-2)22-10-19-13-14(22)20-17(18)21-15(13)25/h16,19H,3-10H2,1-2H3,(H3,18,20,21,25). The molecule has 0 aromatic carbocycles. The molecule has 0 aliphatic carbocycles. The van der Waals surface area contributed by atoms with E-state index < -0.39 is 6.23 Å². The fourth-order valence-corrected chi connectivity index (χ4v) is 2.87. The third-order valence-corrected chi connectivity index (χ3v) is 4.08. The molecule has 1 unspecified atom stereocenters. The highest BCUT2D eigenvalue weighted by Gasteiger charge is 2.34. The summed E-state index contributed by atoms with van der Waals surface area (Å²) in [4.78, 5) is 44.3. The van der Waals surface area contributed by atoms with Crippen LogP contribution in [0.2, 0.25) is 0 Å². The molecule has 144 valence electrons. The van der Waals surface area contributed by atoms with E-state index in [-0.39, 0.29) is 42.0 Å². The van der Waals surface area contributed by atoms with Crippen molar-refractivity contribution in [3.63, 3.8) is 0 Å². The molecule has 9 heteroatoms. The Morgan fingerprint density at radius 2 is 2.00 bits per heavy atom. The predicted molar refractivity (Wildman–Crippen MR) is 99.0 cm³/mol. The molecule has 0 amide bonds. The Balaban J connectivity index is 2.08. The molecular weight excluding hydrogens is 338 g/mol. The fourth-order valence-electron chi connectivity index (χ4n) is 2.87. The van der Waals surface area contributed by atoms with Gasteiger partial charge in [0.25, 0.3) is 5.56 Å². The van der Waals surface area contributed by atoms with Gasteiger partial charge in [0, 0.05) is 19.3 Å². The van der Waals surface area contributed by atoms with Crippen molar-refractivity contribution in [2.24, 2.45) is 0 Å². The molecule has 1 aromatic heterocycles. The Kier molecular flexibility index (Phi) is 7.14. The molecule has 0 spiro atoms. The number of rotatable bonds is 11. The van der Waals surface area contributed by atoms with Gasteiger partial charge in [0.05, 0.1) is 13.3 Å². The molecule has 4 N–H and O–H groups in total. The average Bonchev–Trinajstić information content (AvgIpc) is 2.99. The number of ether oxygens (including phenoxy) is 1. The summed E-state index contributed by atoms with van der Waals surface area (Å²) < 4.78 is 5.80. The van der Waals surface area contributed by atoms with Crippen molar-refractivity contribution < 1.29 is 14.3 Å². The number of aromatic nitrogens is 2. The van der Waals surface area contributed by atoms with Crippen LogP contribution in [0.15, 0.2) is 4.79 Å². The minimum atomic E-state index is -0.862. The van der Waals surface area contributed by atoms with E-state index in [1.54, 1.807) is 4.90 Å². The van der Waals surface area contributed by atoms with Crippen LogP contribution in [0.3, 0.4) is 0 Å². The first kappa shape index (κ1) is 19.9. The van der Waals surface area contributed by atoms with Crippen molar-refractivity contribution in [3.8, 4) is 0 Å². The summed E-state index contributed by atoms with van der Waals surface area (Å²) in [7, 11) is 0. The lowest BCUT2D eigenvalue weighted by atomic mass is 10.1. The Morgan fingerprint density at radius 1 is 1.27 bits per heavy atom. The maximum atomic E-state index is 12.5. The molecule has 9 nitrogen and oxygen atoms in total. The highest BCUT2D eigenvalue weighted by molar-refractivity contribution is 5.88. The maximum absolute atomic E-state index is 12.5. The number of carbonyl (C=O) groups excluding carboxylic acids is 2. The zero-order chi connectivity index (χ0) is 19.1. The van der Waals surface area contributed by atoms with Crippen molar-refractivity contribution in [1.82, 2.24) is 9.97 Å². The van der Waals surface area contributed by atoms with Gasteiger partial charge in [0.15, 0.2) is 17.8 Å². The molecule has 0 fully saturated rings. The van der Waals surface area contributed by atoms with E-state index in [1.165, 1.54) is 0 Å². The SMILES string of the molecule is CCCC(=O)CCCOC(C(=O)CCC)N1CNc2c1nc(N)[nH]c2=O. The smallest absolute Gasteiger partial charge is 0.277 e. The van der Waals surface area contributed by atoms with Crippen molar-refractivity contribution in [1.29, 1.82) is 0 Å². The lowest BCUT2D eigenvalue weighted by molar-refractivity contribution is -0.130. The van der Waals surface area contributed by atoms with Gasteiger partial charge >= 0.3 is 0 Å². The number of nitrogens with two attached hydrogens (primary N) is 1. The fraction of sp³-hybridized carbons (Fsp3) is 0.647. The quantitative estimate of drug-likeness (QED) is 0.502. The first-order valence-corrected chi connectivity index (χ1v) is 9.04. The van der Waals surface area contributed by atoms with Gasteiger partial charge in [-0.1, -0.05) is 13.8 Å². The van der Waals surface area contributed by atoms with E-state index in [0.29, 0.717) is 37.9 Å². The summed E-state index contributed by atoms with van der Waals surface area (Å²) in [6, 6.07) is 0. The Hall–Kier alpha value is -2.42. The summed E-state index contributed by atoms with van der Waals surface area (Å²) in [5, 5.41) is 2.93. The van der Waals surface area contributed by atoms with Crippen LogP contribution in [0.4, 0.5) is 17.5 Å². The van der Waals surface area contributed by atoms with Crippen LogP contribution in [0, 0.1) is 0 Å². The zero-order valence-electron chi connectivity index (χ0n) is 15.3. The minimum Gasteiger partial charge on any atom is -0.369 e. The van der Waals surface area contributed by atoms with Gasteiger partial charge in [-0.2, -0.15) is 4.98 Å². The third kappa shape index (κ3) is 4.81. The van der Waals surface area contributed by atoms with Crippen LogP contribution in [0.5, 0.6) is 0 Å². The van der Waals surface area contributed by atoms with Crippen molar-refractivity contribution in [3.05, 3.63) is 10.4 Å². The number of ketones is 2. The van der Waals surface area contributed by atoms with E-state index in [2.05, 4.69) is 15.3 Å². The molecule has 2 rings (SSSR count). The summed E-state index contributed by atoms with van der Waals surface area (Å²) in [6.07, 6.45) is 2.55. The van der Waals surface area contributed by atoms with Gasteiger partial charge in [-0.15, -0.1) is 0 Å². The minimum absolute atomic E-state index is 0.0192. The first-order chi connectivity index (χ1) is 12.5. The number of Topliss-reactive ketones (excluding diaryl/α,β-unsaturated/α-hetero) is 2. The van der Waals surface area contributed by atoms with Crippen molar-refractivity contribution in [2.45, 2.75) is 58.6 Å². The summed E-state index contributed by atoms with van der Waals surface area (Å²) >= 11 is 0. The number of aromatic amines is 1. The topological polar surface area (TPSA) is 130 Å². The molecule has 1 atom stereocenters. The van der Waals surface area contributed by atoms with Crippen LogP contribution in [0.25, 0.3) is 0 Å². The second-order valence-corrected chi connectivity index (χ2v) is 6.29. The molecule has 0 saturated heterocycles. The number of nitrogen functional groups attached to an aromatic ring is 1. The molecule has 1 aliphatic rings. The highest BCUT2D eigenvalue weighted by Crippen LogP contribution is 2.28. The molecule has 2 heterocycles.